The predicted octanol–water partition coefficient (Wildman–Crippen LogP) is 5.25. The second kappa shape index (κ2) is 22.1. The number of ether oxygens (including phenoxy) is 1. The summed E-state index contributed by atoms with van der Waals surface area (Å²) >= 11 is 0. The van der Waals surface area contributed by atoms with E-state index >= 15 is 0 Å². The summed E-state index contributed by atoms with van der Waals surface area (Å²) in [6.45, 7) is 5.41. The summed E-state index contributed by atoms with van der Waals surface area (Å²) in [6, 6.07) is 0. The summed E-state index contributed by atoms with van der Waals surface area (Å²) in [5.41, 5.74) is 0. The van der Waals surface area contributed by atoms with Gasteiger partial charge in [-0.05, 0) is 45.4 Å². The van der Waals surface area contributed by atoms with Crippen LogP contribution >= 0.6 is 0 Å². The lowest BCUT2D eigenvalue weighted by Crippen LogP contribution is -2.30. The molecular weight excluding hydrogens is 380 g/mol. The lowest BCUT2D eigenvalue weighted by molar-refractivity contribution is -0.121. The van der Waals surface area contributed by atoms with Crippen LogP contribution in [0.15, 0.2) is 12.2 Å². The third kappa shape index (κ3) is 21.2. The molecule has 0 radical (unpaired) electrons. The van der Waals surface area contributed by atoms with Gasteiger partial charge in [-0.25, -0.2) is 4.79 Å². The molecule has 0 saturated carbocycles. The first-order valence-electron chi connectivity index (χ1n) is 12.1. The van der Waals surface area contributed by atoms with Crippen molar-refractivity contribution in [2.75, 3.05) is 19.7 Å². The number of hydrogen-bond donors (Lipinski definition) is 3. The Morgan fingerprint density at radius 1 is 0.867 bits per heavy atom. The molecule has 0 aliphatic carbocycles. The van der Waals surface area contributed by atoms with E-state index in [0.29, 0.717) is 32.5 Å². The molecule has 6 nitrogen and oxygen atoms in total. The van der Waals surface area contributed by atoms with Gasteiger partial charge in [0.05, 0.1) is 12.7 Å². The molecule has 0 rings (SSSR count). The van der Waals surface area contributed by atoms with Gasteiger partial charge in [0, 0.05) is 19.5 Å². The molecule has 0 aliphatic heterocycles. The lowest BCUT2D eigenvalue weighted by atomic mass is 10.1. The Kier molecular flexibility index (Phi) is 21.0. The summed E-state index contributed by atoms with van der Waals surface area (Å²) in [7, 11) is 0. The van der Waals surface area contributed by atoms with Gasteiger partial charge in [0.25, 0.3) is 0 Å². The molecule has 0 fully saturated rings. The summed E-state index contributed by atoms with van der Waals surface area (Å²) in [4.78, 5) is 22.8. The number of carbonyl (C=O) groups is 2. The molecule has 2 amide bonds. The van der Waals surface area contributed by atoms with Crippen LogP contribution in [0.5, 0.6) is 0 Å². The topological polar surface area (TPSA) is 87.7 Å². The minimum Gasteiger partial charge on any atom is -0.450 e. The molecule has 0 aromatic carbocycles. The van der Waals surface area contributed by atoms with Gasteiger partial charge in [0.15, 0.2) is 0 Å². The Balaban J connectivity index is 3.36. The molecule has 0 spiro atoms. The molecule has 3 N–H and O–H groups in total. The quantitative estimate of drug-likeness (QED) is 0.183. The Bertz CT molecular complexity index is 441. The third-order valence-corrected chi connectivity index (χ3v) is 4.96. The monoisotopic (exact) mass is 426 g/mol. The molecule has 0 bridgehead atoms. The van der Waals surface area contributed by atoms with Crippen molar-refractivity contribution in [2.24, 2.45) is 0 Å². The van der Waals surface area contributed by atoms with E-state index in [1.165, 1.54) is 32.1 Å². The minimum atomic E-state index is -0.408. The van der Waals surface area contributed by atoms with Crippen molar-refractivity contribution in [1.29, 1.82) is 0 Å². The van der Waals surface area contributed by atoms with E-state index in [-0.39, 0.29) is 12.0 Å². The van der Waals surface area contributed by atoms with Gasteiger partial charge < -0.3 is 20.5 Å². The average molecular weight is 427 g/mol. The largest absolute Gasteiger partial charge is 0.450 e. The molecule has 0 heterocycles. The molecular formula is C24H46N2O4. The fraction of sp³-hybridized carbons (Fsp3) is 0.833. The molecule has 30 heavy (non-hydrogen) atoms. The minimum absolute atomic E-state index is 0.0855. The SMILES string of the molecule is CCCCCC[C@@H](O)C/C=C\CCCCCCCC(=O)NCCCNC(=O)OCC. The zero-order valence-electron chi connectivity index (χ0n) is 19.4. The predicted molar refractivity (Wildman–Crippen MR) is 123 cm³/mol. The van der Waals surface area contributed by atoms with E-state index in [4.69, 9.17) is 4.74 Å². The van der Waals surface area contributed by atoms with Gasteiger partial charge in [-0.3, -0.25) is 4.79 Å². The van der Waals surface area contributed by atoms with Gasteiger partial charge in [0.1, 0.15) is 0 Å². The fourth-order valence-electron chi connectivity index (χ4n) is 3.15. The van der Waals surface area contributed by atoms with E-state index < -0.39 is 6.09 Å². The highest BCUT2D eigenvalue weighted by Crippen LogP contribution is 2.10. The van der Waals surface area contributed by atoms with Crippen LogP contribution in [0.1, 0.15) is 104 Å². The zero-order valence-corrected chi connectivity index (χ0v) is 19.4. The van der Waals surface area contributed by atoms with Crippen LogP contribution < -0.4 is 10.6 Å². The molecule has 0 aliphatic rings. The number of unbranched alkanes of at least 4 members (excludes halogenated alkanes) is 8. The van der Waals surface area contributed by atoms with Gasteiger partial charge in [-0.2, -0.15) is 0 Å². The van der Waals surface area contributed by atoms with Crippen molar-refractivity contribution in [1.82, 2.24) is 10.6 Å². The van der Waals surface area contributed by atoms with Crippen molar-refractivity contribution >= 4 is 12.0 Å². The van der Waals surface area contributed by atoms with Crippen LogP contribution in [-0.2, 0) is 9.53 Å². The number of aliphatic hydroxyl groups excluding tert-OH is 1. The van der Waals surface area contributed by atoms with Crippen LogP contribution in [0.4, 0.5) is 4.79 Å². The van der Waals surface area contributed by atoms with Crippen LogP contribution in [0, 0.1) is 0 Å². The Morgan fingerprint density at radius 3 is 2.33 bits per heavy atom. The number of amides is 2. The molecule has 176 valence electrons. The molecule has 0 aromatic rings. The second-order valence-electron chi connectivity index (χ2n) is 7.87. The van der Waals surface area contributed by atoms with E-state index in [2.05, 4.69) is 29.7 Å². The van der Waals surface area contributed by atoms with Crippen LogP contribution in [0.2, 0.25) is 0 Å². The summed E-state index contributed by atoms with van der Waals surface area (Å²) in [6.07, 6.45) is 18.2. The van der Waals surface area contributed by atoms with E-state index in [9.17, 15) is 14.7 Å². The van der Waals surface area contributed by atoms with E-state index in [0.717, 1.165) is 44.9 Å². The van der Waals surface area contributed by atoms with Crippen LogP contribution in [0.25, 0.3) is 0 Å². The lowest BCUT2D eigenvalue weighted by Gasteiger charge is -2.07. The Morgan fingerprint density at radius 2 is 1.57 bits per heavy atom. The number of aliphatic hydroxyl groups is 1. The summed E-state index contributed by atoms with van der Waals surface area (Å²) in [5.74, 6) is 0.0855. The normalized spacial score (nSPS) is 12.1. The fourth-order valence-corrected chi connectivity index (χ4v) is 3.15. The highest BCUT2D eigenvalue weighted by Gasteiger charge is 2.02. The molecule has 0 unspecified atom stereocenters. The molecule has 1 atom stereocenters. The average Bonchev–Trinajstić information content (AvgIpc) is 2.72. The van der Waals surface area contributed by atoms with Gasteiger partial charge in [0.2, 0.25) is 5.91 Å². The van der Waals surface area contributed by atoms with Gasteiger partial charge >= 0.3 is 6.09 Å². The molecule has 0 saturated heterocycles. The maximum absolute atomic E-state index is 11.8. The number of hydrogen-bond acceptors (Lipinski definition) is 4. The van der Waals surface area contributed by atoms with Crippen LogP contribution in [0.3, 0.4) is 0 Å². The number of allylic oxidation sites excluding steroid dienone is 1. The summed E-state index contributed by atoms with van der Waals surface area (Å²) < 4.78 is 4.76. The van der Waals surface area contributed by atoms with Gasteiger partial charge in [-0.15, -0.1) is 0 Å². The molecule has 6 heteroatoms. The van der Waals surface area contributed by atoms with Crippen molar-refractivity contribution in [3.05, 3.63) is 12.2 Å². The number of alkyl carbamates (subject to hydrolysis) is 1. The van der Waals surface area contributed by atoms with Crippen molar-refractivity contribution < 1.29 is 19.4 Å². The first-order valence-corrected chi connectivity index (χ1v) is 12.1. The smallest absolute Gasteiger partial charge is 0.407 e. The first kappa shape index (κ1) is 28.4. The molecule has 0 aromatic heterocycles. The Hall–Kier alpha value is -1.56. The first-order chi connectivity index (χ1) is 14.6. The zero-order chi connectivity index (χ0) is 22.3. The van der Waals surface area contributed by atoms with Crippen molar-refractivity contribution in [3.63, 3.8) is 0 Å². The van der Waals surface area contributed by atoms with E-state index in [1.54, 1.807) is 6.92 Å². The van der Waals surface area contributed by atoms with Crippen molar-refractivity contribution in [3.8, 4) is 0 Å². The number of carbonyl (C=O) groups excluding carboxylic acids is 2. The summed E-state index contributed by atoms with van der Waals surface area (Å²) in [5, 5.41) is 15.4. The van der Waals surface area contributed by atoms with Crippen LogP contribution in [-0.4, -0.2) is 42.9 Å². The Labute approximate surface area is 184 Å². The third-order valence-electron chi connectivity index (χ3n) is 4.96. The highest BCUT2D eigenvalue weighted by molar-refractivity contribution is 5.75. The maximum Gasteiger partial charge on any atom is 0.407 e. The number of rotatable bonds is 20. The van der Waals surface area contributed by atoms with Crippen molar-refractivity contribution in [2.45, 2.75) is 110 Å². The second-order valence-corrected chi connectivity index (χ2v) is 7.87. The highest BCUT2D eigenvalue weighted by atomic mass is 16.5. The van der Waals surface area contributed by atoms with Gasteiger partial charge in [-0.1, -0.05) is 64.0 Å². The maximum atomic E-state index is 11.8. The standard InChI is InChI=1S/C24H46N2O4/c1-3-5-6-13-17-22(27)18-14-11-9-7-8-10-12-15-19-23(28)25-20-16-21-26-24(29)30-4-2/h11,14,22,27H,3-10,12-13,15-21H2,1-2H3,(H,25,28)(H,26,29)/b14-11-/t22-/m1/s1. The van der Waals surface area contributed by atoms with E-state index in [1.807, 2.05) is 0 Å². The number of nitrogens with one attached hydrogen (secondary N) is 2.